The van der Waals surface area contributed by atoms with Crippen molar-refractivity contribution in [1.82, 2.24) is 14.5 Å². The maximum atomic E-state index is 12.6. The second-order valence-electron chi connectivity index (χ2n) is 22.6. The van der Waals surface area contributed by atoms with E-state index in [4.69, 9.17) is 14.4 Å². The Hall–Kier alpha value is -6.98. The highest BCUT2D eigenvalue weighted by atomic mass is 16.3. The lowest BCUT2D eigenvalue weighted by Gasteiger charge is -2.28. The molecule has 0 bridgehead atoms. The number of phenols is 1. The molecule has 0 amide bonds. The van der Waals surface area contributed by atoms with E-state index in [0.29, 0.717) is 11.4 Å². The molecule has 0 unspecified atom stereocenters. The van der Waals surface area contributed by atoms with Crippen LogP contribution in [0.4, 0.5) is 0 Å². The van der Waals surface area contributed by atoms with Crippen LogP contribution in [-0.4, -0.2) is 19.6 Å². The van der Waals surface area contributed by atoms with E-state index < -0.39 is 0 Å². The first-order chi connectivity index (χ1) is 31.6. The molecule has 0 saturated carbocycles. The third kappa shape index (κ3) is 7.78. The average molecular weight is 880 g/mol. The molecule has 0 atom stereocenters. The summed E-state index contributed by atoms with van der Waals surface area (Å²) in [4.78, 5) is 10.7. The summed E-state index contributed by atoms with van der Waals surface area (Å²) in [5.41, 5.74) is 14.8. The van der Waals surface area contributed by atoms with Crippen molar-refractivity contribution in [2.45, 2.75) is 105 Å². The lowest BCUT2D eigenvalue weighted by molar-refractivity contribution is 0.446. The first kappa shape index (κ1) is 43.9. The number of para-hydroxylation sites is 1. The Kier molecular flexibility index (Phi) is 10.2. The van der Waals surface area contributed by atoms with Crippen LogP contribution in [0, 0.1) is 0 Å². The van der Waals surface area contributed by atoms with Gasteiger partial charge in [0, 0.05) is 39.2 Å². The van der Waals surface area contributed by atoms with Gasteiger partial charge in [-0.25, -0.2) is 4.98 Å². The van der Waals surface area contributed by atoms with Gasteiger partial charge in [0.1, 0.15) is 22.7 Å². The molecule has 7 aromatic carbocycles. The molecule has 0 spiro atoms. The molecule has 0 fully saturated rings. The fourth-order valence-corrected chi connectivity index (χ4v) is 9.57. The Balaban J connectivity index is 1.33. The molecule has 67 heavy (non-hydrogen) atoms. The van der Waals surface area contributed by atoms with E-state index >= 15 is 0 Å². The zero-order valence-electron chi connectivity index (χ0n) is 41.1. The molecule has 0 aliphatic rings. The van der Waals surface area contributed by atoms with Gasteiger partial charge in [-0.1, -0.05) is 162 Å². The van der Waals surface area contributed by atoms with E-state index in [0.717, 1.165) is 94.1 Å². The second-order valence-corrected chi connectivity index (χ2v) is 22.6. The van der Waals surface area contributed by atoms with Gasteiger partial charge in [0.2, 0.25) is 0 Å². The van der Waals surface area contributed by atoms with Crippen molar-refractivity contribution < 1.29 is 9.52 Å². The van der Waals surface area contributed by atoms with Gasteiger partial charge < -0.3 is 9.52 Å². The van der Waals surface area contributed by atoms with Crippen LogP contribution in [0.15, 0.2) is 150 Å². The second kappa shape index (κ2) is 15.6. The quantitative estimate of drug-likeness (QED) is 0.187. The van der Waals surface area contributed by atoms with Gasteiger partial charge in [-0.2, -0.15) is 0 Å². The summed E-state index contributed by atoms with van der Waals surface area (Å²) in [5.74, 6) is 0.926. The van der Waals surface area contributed by atoms with Crippen LogP contribution in [0.25, 0.3) is 94.3 Å². The van der Waals surface area contributed by atoms with Gasteiger partial charge in [-0.05, 0) is 121 Å². The van der Waals surface area contributed by atoms with Gasteiger partial charge in [-0.15, -0.1) is 0 Å². The van der Waals surface area contributed by atoms with E-state index in [9.17, 15) is 5.11 Å². The topological polar surface area (TPSA) is 64.1 Å². The van der Waals surface area contributed by atoms with Crippen molar-refractivity contribution in [3.05, 3.63) is 168 Å². The Morgan fingerprint density at radius 2 is 1.15 bits per heavy atom. The summed E-state index contributed by atoms with van der Waals surface area (Å²) in [7, 11) is 0. The zero-order chi connectivity index (χ0) is 47.4. The monoisotopic (exact) mass is 879 g/mol. The largest absolute Gasteiger partial charge is 0.507 e. The van der Waals surface area contributed by atoms with Gasteiger partial charge >= 0.3 is 0 Å². The smallest absolute Gasteiger partial charge is 0.149 e. The number of pyridine rings is 1. The predicted octanol–water partition coefficient (Wildman–Crippen LogP) is 17.0. The van der Waals surface area contributed by atoms with Gasteiger partial charge in [0.05, 0.1) is 28.0 Å². The van der Waals surface area contributed by atoms with Crippen molar-refractivity contribution in [3.8, 4) is 56.3 Å². The van der Waals surface area contributed by atoms with Crippen molar-refractivity contribution in [3.63, 3.8) is 0 Å². The summed E-state index contributed by atoms with van der Waals surface area (Å²) in [5, 5.41) is 17.0. The first-order valence-electron chi connectivity index (χ1n) is 23.6. The Morgan fingerprint density at radius 3 is 1.84 bits per heavy atom. The molecule has 10 rings (SSSR count). The summed E-state index contributed by atoms with van der Waals surface area (Å²) in [6.45, 7) is 26.7. The van der Waals surface area contributed by atoms with Gasteiger partial charge in [0.15, 0.2) is 0 Å². The number of phenolic OH excluding ortho intramolecular Hbond substituents is 1. The molecule has 336 valence electrons. The highest BCUT2D eigenvalue weighted by Crippen LogP contribution is 2.47. The minimum Gasteiger partial charge on any atom is -0.507 e. The number of furan rings is 1. The maximum absolute atomic E-state index is 12.6. The molecule has 3 aromatic heterocycles. The number of hydrogen-bond acceptors (Lipinski definition) is 4. The fourth-order valence-electron chi connectivity index (χ4n) is 9.57. The van der Waals surface area contributed by atoms with Crippen LogP contribution < -0.4 is 0 Å². The molecular formula is C62H61N3O2. The number of imidazole rings is 1. The molecular weight excluding hydrogens is 819 g/mol. The van der Waals surface area contributed by atoms with Crippen LogP contribution in [-0.2, 0) is 21.7 Å². The van der Waals surface area contributed by atoms with Crippen molar-refractivity contribution in [2.24, 2.45) is 0 Å². The van der Waals surface area contributed by atoms with E-state index in [1.165, 1.54) is 11.1 Å². The van der Waals surface area contributed by atoms with Gasteiger partial charge in [-0.3, -0.25) is 9.55 Å². The van der Waals surface area contributed by atoms with Crippen molar-refractivity contribution >= 4 is 43.7 Å². The summed E-state index contributed by atoms with van der Waals surface area (Å²) < 4.78 is 9.17. The van der Waals surface area contributed by atoms with E-state index in [2.05, 4.69) is 227 Å². The normalized spacial score (nSPS) is 12.8. The maximum Gasteiger partial charge on any atom is 0.149 e. The third-order valence-corrected chi connectivity index (χ3v) is 13.6. The standard InChI is InChI=1S/C62H61N3O2/c1-59(2,3)41-25-26-52(45(33-41)37-19-14-13-15-20-37)65-53-24-18-23-44(55(53)64-58(65)49-34-43(61(7,8)9)35-50(56(49)66)62(10,11)12)40-30-47-46-29-38-21-16-17-22-39(38)32-54(46)67-57(47)48(31-40)51-36-42(27-28-63-51)60(4,5)6/h13-36,66H,1-12H3. The predicted molar refractivity (Wildman–Crippen MR) is 282 cm³/mol. The molecule has 5 nitrogen and oxygen atoms in total. The highest BCUT2D eigenvalue weighted by molar-refractivity contribution is 6.15. The highest BCUT2D eigenvalue weighted by Gasteiger charge is 2.30. The molecule has 0 radical (unpaired) electrons. The van der Waals surface area contributed by atoms with Crippen molar-refractivity contribution in [2.75, 3.05) is 0 Å². The number of hydrogen-bond donors (Lipinski definition) is 1. The summed E-state index contributed by atoms with van der Waals surface area (Å²) >= 11 is 0. The van der Waals surface area contributed by atoms with Crippen LogP contribution in [0.1, 0.15) is 105 Å². The molecule has 1 N–H and O–H groups in total. The third-order valence-electron chi connectivity index (χ3n) is 13.6. The van der Waals surface area contributed by atoms with Gasteiger partial charge in [0.25, 0.3) is 0 Å². The first-order valence-corrected chi connectivity index (χ1v) is 23.6. The number of aromatic nitrogens is 3. The SMILES string of the molecule is CC(C)(C)c1ccnc(-c2cc(-c3cccc4c3nc(-c3cc(C(C)(C)C)cc(C(C)(C)C)c3O)n4-c3ccc(C(C)(C)C)cc3-c3ccccc3)cc3c2oc2cc4ccccc4cc23)c1. The Morgan fingerprint density at radius 1 is 0.493 bits per heavy atom. The average Bonchev–Trinajstić information content (AvgIpc) is 3.85. The number of benzene rings is 7. The lowest BCUT2D eigenvalue weighted by atomic mass is 9.79. The fraction of sp³-hybridized carbons (Fsp3) is 0.258. The van der Waals surface area contributed by atoms with Crippen LogP contribution in [0.5, 0.6) is 5.75 Å². The molecule has 5 heteroatoms. The number of nitrogens with zero attached hydrogens (tertiary/aromatic N) is 3. The molecule has 0 saturated heterocycles. The van der Waals surface area contributed by atoms with Crippen LogP contribution in [0.3, 0.4) is 0 Å². The summed E-state index contributed by atoms with van der Waals surface area (Å²) in [6.07, 6.45) is 1.92. The number of fused-ring (bicyclic) bond motifs is 5. The molecule has 0 aliphatic heterocycles. The Bertz CT molecular complexity index is 3560. The van der Waals surface area contributed by atoms with E-state index in [1.54, 1.807) is 0 Å². The number of aromatic hydroxyl groups is 1. The molecule has 0 aliphatic carbocycles. The Labute approximate surface area is 395 Å². The molecule has 3 heterocycles. The minimum atomic E-state index is -0.339. The van der Waals surface area contributed by atoms with E-state index in [-0.39, 0.29) is 27.4 Å². The molecule has 10 aromatic rings. The minimum absolute atomic E-state index is 0.0821. The van der Waals surface area contributed by atoms with Crippen molar-refractivity contribution in [1.29, 1.82) is 0 Å². The summed E-state index contributed by atoms with van der Waals surface area (Å²) in [6, 6.07) is 50.0. The van der Waals surface area contributed by atoms with Crippen LogP contribution >= 0.6 is 0 Å². The lowest BCUT2D eigenvalue weighted by Crippen LogP contribution is -2.17. The number of rotatable bonds is 5. The van der Waals surface area contributed by atoms with Crippen LogP contribution in [0.2, 0.25) is 0 Å². The zero-order valence-corrected chi connectivity index (χ0v) is 41.1. The van der Waals surface area contributed by atoms with E-state index in [1.807, 2.05) is 6.20 Å².